The van der Waals surface area contributed by atoms with Crippen LogP contribution in [0, 0.1) is 5.92 Å². The summed E-state index contributed by atoms with van der Waals surface area (Å²) in [7, 11) is 6.04. The van der Waals surface area contributed by atoms with E-state index in [-0.39, 0.29) is 25.6 Å². The Kier molecular flexibility index (Phi) is 11.4. The normalized spacial score (nSPS) is 11.9. The van der Waals surface area contributed by atoms with E-state index in [4.69, 9.17) is 23.7 Å². The highest BCUT2D eigenvalue weighted by Gasteiger charge is 2.24. The van der Waals surface area contributed by atoms with Crippen LogP contribution in [0.4, 0.5) is 0 Å². The van der Waals surface area contributed by atoms with Crippen molar-refractivity contribution in [2.24, 2.45) is 5.92 Å². The van der Waals surface area contributed by atoms with Gasteiger partial charge in [-0.2, -0.15) is 0 Å². The van der Waals surface area contributed by atoms with Crippen molar-refractivity contribution in [1.82, 2.24) is 0 Å². The fraction of sp³-hybridized carbons (Fsp3) is 0.286. The Morgan fingerprint density at radius 2 is 1.42 bits per heavy atom. The second-order valence-electron chi connectivity index (χ2n) is 7.66. The van der Waals surface area contributed by atoms with E-state index >= 15 is 0 Å². The number of ether oxygens (including phenoxy) is 5. The van der Waals surface area contributed by atoms with Crippen molar-refractivity contribution >= 4 is 23.7 Å². The molecule has 8 heteroatoms. The highest BCUT2D eigenvalue weighted by atomic mass is 16.7. The van der Waals surface area contributed by atoms with Crippen LogP contribution in [0.1, 0.15) is 23.1 Å². The van der Waals surface area contributed by atoms with Gasteiger partial charge in [0.15, 0.2) is 29.9 Å². The summed E-state index contributed by atoms with van der Waals surface area (Å²) in [5, 5.41) is 9.53. The Hall–Kier alpha value is -3.88. The molecular weight excluding hydrogens is 464 g/mol. The highest BCUT2D eigenvalue weighted by molar-refractivity contribution is 6.13. The minimum atomic E-state index is -1.04. The molecule has 0 aliphatic carbocycles. The minimum absolute atomic E-state index is 0.00779. The van der Waals surface area contributed by atoms with E-state index in [1.54, 1.807) is 48.6 Å². The topological polar surface area (TPSA) is 101 Å². The van der Waals surface area contributed by atoms with E-state index in [0.29, 0.717) is 33.9 Å². The van der Waals surface area contributed by atoms with Crippen molar-refractivity contribution in [3.05, 3.63) is 77.6 Å². The Morgan fingerprint density at radius 3 is 1.94 bits per heavy atom. The zero-order valence-corrected chi connectivity index (χ0v) is 21.0. The number of aliphatic hydroxyl groups is 1. The molecule has 0 radical (unpaired) electrons. The third kappa shape index (κ3) is 8.11. The molecule has 8 nitrogen and oxygen atoms in total. The molecule has 2 aromatic carbocycles. The van der Waals surface area contributed by atoms with E-state index in [9.17, 15) is 14.7 Å². The summed E-state index contributed by atoms with van der Waals surface area (Å²) in [5.74, 6) is 0.00854. The maximum absolute atomic E-state index is 13.1. The van der Waals surface area contributed by atoms with Gasteiger partial charge in [0.1, 0.15) is 5.75 Å². The van der Waals surface area contributed by atoms with Gasteiger partial charge in [0.2, 0.25) is 0 Å². The number of aliphatic hydroxyl groups excluding tert-OH is 1. The summed E-state index contributed by atoms with van der Waals surface area (Å²) >= 11 is 0. The Bertz CT molecular complexity index is 1040. The molecule has 1 unspecified atom stereocenters. The van der Waals surface area contributed by atoms with Crippen LogP contribution >= 0.6 is 0 Å². The molecule has 0 fully saturated rings. The first-order valence-electron chi connectivity index (χ1n) is 11.1. The maximum Gasteiger partial charge on any atom is 0.188 e. The highest BCUT2D eigenvalue weighted by Crippen LogP contribution is 2.28. The Labute approximate surface area is 211 Å². The number of carbonyl (C=O) groups is 2. The van der Waals surface area contributed by atoms with Crippen LogP contribution in [-0.2, 0) is 25.7 Å². The largest absolute Gasteiger partial charge is 0.496 e. The molecule has 0 aliphatic heterocycles. The molecule has 0 spiro atoms. The van der Waals surface area contributed by atoms with Gasteiger partial charge in [-0.05, 0) is 47.5 Å². The van der Waals surface area contributed by atoms with E-state index in [1.165, 1.54) is 40.6 Å². The third-order valence-corrected chi connectivity index (χ3v) is 5.26. The van der Waals surface area contributed by atoms with E-state index in [1.807, 2.05) is 0 Å². The van der Waals surface area contributed by atoms with Gasteiger partial charge < -0.3 is 28.8 Å². The van der Waals surface area contributed by atoms with Crippen LogP contribution in [-0.4, -0.2) is 51.9 Å². The molecule has 36 heavy (non-hydrogen) atoms. The summed E-state index contributed by atoms with van der Waals surface area (Å²) in [6.07, 6.45) is 5.85. The molecule has 2 aromatic rings. The van der Waals surface area contributed by atoms with E-state index < -0.39 is 17.5 Å². The molecule has 192 valence electrons. The summed E-state index contributed by atoms with van der Waals surface area (Å²) in [5.41, 5.74) is 1.96. The van der Waals surface area contributed by atoms with E-state index in [2.05, 4.69) is 6.58 Å². The molecule has 0 amide bonds. The average Bonchev–Trinajstić information content (AvgIpc) is 2.91. The van der Waals surface area contributed by atoms with Gasteiger partial charge >= 0.3 is 0 Å². The van der Waals surface area contributed by atoms with Gasteiger partial charge in [0.05, 0.1) is 39.6 Å². The predicted molar refractivity (Wildman–Crippen MR) is 137 cm³/mol. The van der Waals surface area contributed by atoms with Gasteiger partial charge in [-0.15, -0.1) is 0 Å². The summed E-state index contributed by atoms with van der Waals surface area (Å²) in [6, 6.07) is 10.4. The third-order valence-electron chi connectivity index (χ3n) is 5.26. The minimum Gasteiger partial charge on any atom is -0.496 e. The predicted octanol–water partition coefficient (Wildman–Crippen LogP) is 4.21. The molecule has 0 aliphatic rings. The molecule has 0 saturated heterocycles. The fourth-order valence-corrected chi connectivity index (χ4v) is 3.34. The number of ketones is 2. The number of rotatable bonds is 15. The number of benzene rings is 2. The number of allylic oxidation sites excluding steroid dienone is 3. The zero-order chi connectivity index (χ0) is 26.5. The van der Waals surface area contributed by atoms with Crippen molar-refractivity contribution in [1.29, 1.82) is 0 Å². The van der Waals surface area contributed by atoms with Gasteiger partial charge in [0, 0.05) is 19.1 Å². The van der Waals surface area contributed by atoms with Crippen molar-refractivity contribution < 1.29 is 38.4 Å². The van der Waals surface area contributed by atoms with Crippen molar-refractivity contribution in [3.63, 3.8) is 0 Å². The first kappa shape index (κ1) is 28.4. The summed E-state index contributed by atoms with van der Waals surface area (Å²) in [6.45, 7) is 3.54. The van der Waals surface area contributed by atoms with Crippen LogP contribution in [0.5, 0.6) is 17.2 Å². The standard InChI is InChI=1S/C28H32O8/c1-19(36-18-32-2)14-23(24(30)10-6-20-8-12-26(33-3)22(15-20)17-29)25(31)11-7-21-9-13-27(34-4)28(16-21)35-5/h6-13,15-16,23,29H,1,14,17-18H2,2-5H3/b10-6+,11-7+. The fourth-order valence-electron chi connectivity index (χ4n) is 3.34. The lowest BCUT2D eigenvalue weighted by Crippen LogP contribution is -2.22. The van der Waals surface area contributed by atoms with Gasteiger partial charge in [-0.25, -0.2) is 0 Å². The maximum atomic E-state index is 13.1. The van der Waals surface area contributed by atoms with Crippen LogP contribution in [0.2, 0.25) is 0 Å². The SMILES string of the molecule is C=C(CC(C(=O)/C=C/c1ccc(OC)c(CO)c1)C(=O)/C=C/c1ccc(OC)c(OC)c1)OCOC. The summed E-state index contributed by atoms with van der Waals surface area (Å²) < 4.78 is 25.9. The average molecular weight is 497 g/mol. The number of hydrogen-bond donors (Lipinski definition) is 1. The van der Waals surface area contributed by atoms with Crippen LogP contribution < -0.4 is 14.2 Å². The second-order valence-corrected chi connectivity index (χ2v) is 7.66. The number of hydrogen-bond acceptors (Lipinski definition) is 8. The number of methoxy groups -OCH3 is 4. The molecule has 1 N–H and O–H groups in total. The lowest BCUT2D eigenvalue weighted by atomic mass is 9.92. The summed E-state index contributed by atoms with van der Waals surface area (Å²) in [4.78, 5) is 26.1. The molecular formula is C28H32O8. The van der Waals surface area contributed by atoms with Crippen molar-refractivity contribution in [2.45, 2.75) is 13.0 Å². The van der Waals surface area contributed by atoms with Gasteiger partial charge in [0.25, 0.3) is 0 Å². The molecule has 0 heterocycles. The van der Waals surface area contributed by atoms with E-state index in [0.717, 1.165) is 0 Å². The lowest BCUT2D eigenvalue weighted by molar-refractivity contribution is -0.127. The molecule has 0 bridgehead atoms. The molecule has 1 atom stereocenters. The van der Waals surface area contributed by atoms with Crippen molar-refractivity contribution in [3.8, 4) is 17.2 Å². The zero-order valence-electron chi connectivity index (χ0n) is 21.0. The smallest absolute Gasteiger partial charge is 0.188 e. The van der Waals surface area contributed by atoms with Gasteiger partial charge in [-0.1, -0.05) is 30.9 Å². The first-order valence-corrected chi connectivity index (χ1v) is 11.1. The quantitative estimate of drug-likeness (QED) is 0.169. The van der Waals surface area contributed by atoms with Crippen LogP contribution in [0.25, 0.3) is 12.2 Å². The monoisotopic (exact) mass is 496 g/mol. The van der Waals surface area contributed by atoms with Crippen molar-refractivity contribution in [2.75, 3.05) is 35.2 Å². The van der Waals surface area contributed by atoms with Gasteiger partial charge in [-0.3, -0.25) is 9.59 Å². The molecule has 0 aromatic heterocycles. The first-order chi connectivity index (χ1) is 17.4. The molecule has 0 saturated carbocycles. The Morgan fingerprint density at radius 1 is 0.861 bits per heavy atom. The Balaban J connectivity index is 2.26. The van der Waals surface area contributed by atoms with Crippen LogP contribution in [0.15, 0.2) is 60.9 Å². The lowest BCUT2D eigenvalue weighted by Gasteiger charge is -2.14. The van der Waals surface area contributed by atoms with Crippen LogP contribution in [0.3, 0.4) is 0 Å². The number of carbonyl (C=O) groups excluding carboxylic acids is 2. The molecule has 2 rings (SSSR count). The second kappa shape index (κ2) is 14.5.